The van der Waals surface area contributed by atoms with E-state index in [0.29, 0.717) is 28.2 Å². The van der Waals surface area contributed by atoms with Crippen molar-refractivity contribution in [3.63, 3.8) is 0 Å². The van der Waals surface area contributed by atoms with Gasteiger partial charge in [0.1, 0.15) is 6.10 Å². The summed E-state index contributed by atoms with van der Waals surface area (Å²) in [4.78, 5) is 4.10. The third-order valence-corrected chi connectivity index (χ3v) is 4.04. The maximum absolute atomic E-state index is 10.9. The molecule has 0 radical (unpaired) electrons. The van der Waals surface area contributed by atoms with Crippen molar-refractivity contribution in [2.24, 2.45) is 0 Å². The maximum atomic E-state index is 10.9. The van der Waals surface area contributed by atoms with Crippen molar-refractivity contribution < 1.29 is 24.1 Å². The summed E-state index contributed by atoms with van der Waals surface area (Å²) in [5, 5.41) is 10.9. The molecule has 1 N–H and O–H groups in total. The molecule has 2 rings (SSSR count). The number of pyridine rings is 1. The number of hydrogen-bond donors (Lipinski definition) is 1. The highest BCUT2D eigenvalue weighted by atomic mass is 79.9. The Morgan fingerprint density at radius 3 is 2.00 bits per heavy atom. The molecule has 1 atom stereocenters. The number of aromatic nitrogens is 1. The molecule has 0 spiro atoms. The Morgan fingerprint density at radius 2 is 1.50 bits per heavy atom. The van der Waals surface area contributed by atoms with Gasteiger partial charge in [-0.25, -0.2) is 0 Å². The van der Waals surface area contributed by atoms with Gasteiger partial charge >= 0.3 is 0 Å². The van der Waals surface area contributed by atoms with Gasteiger partial charge in [0.25, 0.3) is 0 Å². The summed E-state index contributed by atoms with van der Waals surface area (Å²) < 4.78 is 22.2. The second-order valence-electron chi connectivity index (χ2n) is 4.98. The van der Waals surface area contributed by atoms with Crippen LogP contribution in [0, 0.1) is 0 Å². The van der Waals surface area contributed by atoms with Crippen LogP contribution in [0.15, 0.2) is 35.1 Å². The Bertz CT molecular complexity index is 691. The van der Waals surface area contributed by atoms with Gasteiger partial charge in [0.15, 0.2) is 17.8 Å². The van der Waals surface area contributed by atoms with E-state index in [4.69, 9.17) is 18.9 Å². The molecule has 2 aromatic rings. The van der Waals surface area contributed by atoms with Crippen LogP contribution in [-0.2, 0) is 9.47 Å². The van der Waals surface area contributed by atoms with Crippen molar-refractivity contribution in [3.8, 4) is 11.5 Å². The first-order valence-corrected chi connectivity index (χ1v) is 7.94. The van der Waals surface area contributed by atoms with Crippen LogP contribution in [-0.4, -0.2) is 38.5 Å². The number of hydrogen-bond acceptors (Lipinski definition) is 6. The van der Waals surface area contributed by atoms with Crippen LogP contribution in [0.2, 0.25) is 0 Å². The smallest absolute Gasteiger partial charge is 0.183 e. The Morgan fingerprint density at radius 1 is 0.917 bits per heavy atom. The zero-order valence-electron chi connectivity index (χ0n) is 13.9. The highest BCUT2D eigenvalue weighted by Gasteiger charge is 2.24. The van der Waals surface area contributed by atoms with Crippen LogP contribution in [0.5, 0.6) is 11.5 Å². The summed E-state index contributed by atoms with van der Waals surface area (Å²) >= 11 is 3.36. The molecule has 0 aliphatic rings. The van der Waals surface area contributed by atoms with Gasteiger partial charge in [-0.05, 0) is 39.7 Å². The number of rotatable bonds is 7. The molecule has 0 aliphatic heterocycles. The van der Waals surface area contributed by atoms with Crippen LogP contribution in [0.4, 0.5) is 0 Å². The number of halogens is 1. The van der Waals surface area contributed by atoms with E-state index in [1.54, 1.807) is 44.8 Å². The molecule has 1 heterocycles. The number of methoxy groups -OCH3 is 4. The van der Waals surface area contributed by atoms with Crippen molar-refractivity contribution in [3.05, 3.63) is 51.8 Å². The molecular weight excluding hydrogens is 378 g/mol. The number of nitrogens with zero attached hydrogens (tertiary/aromatic N) is 1. The fourth-order valence-electron chi connectivity index (χ4n) is 2.46. The molecular formula is C17H20BrNO5. The standard InChI is InChI=1S/C17H20BrNO5/c1-21-14-6-12(16(20)10-5-11(18)9-19-8-10)13(7-15(14)22-2)17(23-3)24-4/h5-9,16-17,20H,1-4H3. The van der Waals surface area contributed by atoms with E-state index < -0.39 is 12.4 Å². The second-order valence-corrected chi connectivity index (χ2v) is 5.89. The van der Waals surface area contributed by atoms with E-state index in [1.165, 1.54) is 14.2 Å². The van der Waals surface area contributed by atoms with Crippen LogP contribution in [0.3, 0.4) is 0 Å². The minimum atomic E-state index is -0.933. The first-order chi connectivity index (χ1) is 11.5. The largest absolute Gasteiger partial charge is 0.493 e. The highest BCUT2D eigenvalue weighted by Crippen LogP contribution is 2.39. The third kappa shape index (κ3) is 3.87. The minimum Gasteiger partial charge on any atom is -0.493 e. The van der Waals surface area contributed by atoms with Gasteiger partial charge in [-0.3, -0.25) is 4.98 Å². The lowest BCUT2D eigenvalue weighted by Crippen LogP contribution is -2.12. The average molecular weight is 398 g/mol. The van der Waals surface area contributed by atoms with E-state index >= 15 is 0 Å². The molecule has 0 fully saturated rings. The predicted octanol–water partition coefficient (Wildman–Crippen LogP) is 3.23. The van der Waals surface area contributed by atoms with E-state index in [-0.39, 0.29) is 0 Å². The first kappa shape index (κ1) is 18.7. The number of ether oxygens (including phenoxy) is 4. The lowest BCUT2D eigenvalue weighted by Gasteiger charge is -2.23. The van der Waals surface area contributed by atoms with Crippen LogP contribution >= 0.6 is 15.9 Å². The lowest BCUT2D eigenvalue weighted by atomic mass is 9.96. The van der Waals surface area contributed by atoms with Gasteiger partial charge in [0.2, 0.25) is 0 Å². The minimum absolute atomic E-state index is 0.504. The fraction of sp³-hybridized carbons (Fsp3) is 0.353. The SMILES string of the molecule is COc1cc(C(OC)OC)c(C(O)c2cncc(Br)c2)cc1OC. The maximum Gasteiger partial charge on any atom is 0.183 e. The van der Waals surface area contributed by atoms with Crippen molar-refractivity contribution in [2.75, 3.05) is 28.4 Å². The van der Waals surface area contributed by atoms with Crippen molar-refractivity contribution in [1.29, 1.82) is 0 Å². The van der Waals surface area contributed by atoms with Gasteiger partial charge in [0.05, 0.1) is 14.2 Å². The molecule has 0 amide bonds. The first-order valence-electron chi connectivity index (χ1n) is 7.15. The molecule has 1 aromatic heterocycles. The van der Waals surface area contributed by atoms with Crippen LogP contribution < -0.4 is 9.47 Å². The Balaban J connectivity index is 2.60. The molecule has 0 saturated carbocycles. The summed E-state index contributed by atoms with van der Waals surface area (Å²) in [6.45, 7) is 0. The van der Waals surface area contributed by atoms with Gasteiger partial charge in [0, 0.05) is 42.2 Å². The number of aliphatic hydroxyl groups is 1. The molecule has 1 unspecified atom stereocenters. The van der Waals surface area contributed by atoms with Gasteiger partial charge in [-0.2, -0.15) is 0 Å². The molecule has 7 heteroatoms. The molecule has 6 nitrogen and oxygen atoms in total. The zero-order chi connectivity index (χ0) is 17.7. The molecule has 1 aromatic carbocycles. The predicted molar refractivity (Wildman–Crippen MR) is 92.3 cm³/mol. The van der Waals surface area contributed by atoms with Gasteiger partial charge < -0.3 is 24.1 Å². The third-order valence-electron chi connectivity index (χ3n) is 3.61. The van der Waals surface area contributed by atoms with E-state index in [1.807, 2.05) is 0 Å². The summed E-state index contributed by atoms with van der Waals surface area (Å²) in [7, 11) is 6.15. The number of aliphatic hydroxyl groups excluding tert-OH is 1. The summed E-state index contributed by atoms with van der Waals surface area (Å²) in [5.41, 5.74) is 1.86. The molecule has 0 bridgehead atoms. The molecule has 130 valence electrons. The zero-order valence-corrected chi connectivity index (χ0v) is 15.5. The van der Waals surface area contributed by atoms with Crippen LogP contribution in [0.25, 0.3) is 0 Å². The van der Waals surface area contributed by atoms with E-state index in [2.05, 4.69) is 20.9 Å². The van der Waals surface area contributed by atoms with Crippen LogP contribution in [0.1, 0.15) is 29.1 Å². The monoisotopic (exact) mass is 397 g/mol. The quantitative estimate of drug-likeness (QED) is 0.723. The lowest BCUT2D eigenvalue weighted by molar-refractivity contribution is -0.107. The van der Waals surface area contributed by atoms with Gasteiger partial charge in [-0.1, -0.05) is 0 Å². The van der Waals surface area contributed by atoms with E-state index in [9.17, 15) is 5.11 Å². The summed E-state index contributed by atoms with van der Waals surface area (Å²) in [6, 6.07) is 5.25. The van der Waals surface area contributed by atoms with Crippen molar-refractivity contribution in [2.45, 2.75) is 12.4 Å². The Labute approximate surface area is 149 Å². The normalized spacial score (nSPS) is 12.3. The van der Waals surface area contributed by atoms with Gasteiger partial charge in [-0.15, -0.1) is 0 Å². The molecule has 0 saturated heterocycles. The van der Waals surface area contributed by atoms with Crippen molar-refractivity contribution in [1.82, 2.24) is 4.98 Å². The Hall–Kier alpha value is -1.67. The average Bonchev–Trinajstić information content (AvgIpc) is 2.61. The Kier molecular flexibility index (Phi) is 6.56. The number of benzene rings is 1. The molecule has 24 heavy (non-hydrogen) atoms. The van der Waals surface area contributed by atoms with E-state index in [0.717, 1.165) is 4.47 Å². The topological polar surface area (TPSA) is 70.0 Å². The highest BCUT2D eigenvalue weighted by molar-refractivity contribution is 9.10. The summed E-state index contributed by atoms with van der Waals surface area (Å²) in [6.07, 6.45) is 1.66. The van der Waals surface area contributed by atoms with Crippen molar-refractivity contribution >= 4 is 15.9 Å². The second kappa shape index (κ2) is 8.43. The molecule has 0 aliphatic carbocycles. The summed E-state index contributed by atoms with van der Waals surface area (Å²) in [5.74, 6) is 1.03. The fourth-order valence-corrected chi connectivity index (χ4v) is 2.84.